The van der Waals surface area contributed by atoms with Crippen molar-refractivity contribution in [2.45, 2.75) is 13.3 Å². The van der Waals surface area contributed by atoms with Gasteiger partial charge in [0.1, 0.15) is 5.75 Å². The molecule has 0 aliphatic heterocycles. The third-order valence-corrected chi connectivity index (χ3v) is 2.06. The molecular formula is C10H14ClNO. The van der Waals surface area contributed by atoms with Crippen molar-refractivity contribution in [2.75, 3.05) is 13.2 Å². The number of nitrogens with two attached hydrogens (primary N) is 1. The zero-order chi connectivity index (χ0) is 9.68. The Morgan fingerprint density at radius 3 is 2.85 bits per heavy atom. The van der Waals surface area contributed by atoms with Gasteiger partial charge in [-0.1, -0.05) is 23.7 Å². The highest BCUT2D eigenvalue weighted by atomic mass is 35.5. The van der Waals surface area contributed by atoms with Gasteiger partial charge in [-0.3, -0.25) is 0 Å². The van der Waals surface area contributed by atoms with Gasteiger partial charge >= 0.3 is 0 Å². The van der Waals surface area contributed by atoms with Crippen molar-refractivity contribution in [2.24, 2.45) is 5.73 Å². The van der Waals surface area contributed by atoms with E-state index in [0.717, 1.165) is 17.7 Å². The third kappa shape index (κ3) is 2.90. The number of rotatable bonds is 4. The van der Waals surface area contributed by atoms with E-state index in [0.29, 0.717) is 18.2 Å². The van der Waals surface area contributed by atoms with Crippen LogP contribution >= 0.6 is 11.6 Å². The van der Waals surface area contributed by atoms with Gasteiger partial charge in [-0.15, -0.1) is 0 Å². The summed E-state index contributed by atoms with van der Waals surface area (Å²) >= 11 is 5.95. The molecule has 0 aliphatic carbocycles. The molecule has 0 amide bonds. The van der Waals surface area contributed by atoms with E-state index >= 15 is 0 Å². The molecule has 0 aliphatic rings. The minimum absolute atomic E-state index is 0.626. The molecule has 1 aromatic carbocycles. The molecule has 0 fully saturated rings. The second kappa shape index (κ2) is 5.10. The summed E-state index contributed by atoms with van der Waals surface area (Å²) in [6.45, 7) is 3.24. The first kappa shape index (κ1) is 10.4. The number of hydrogen-bond acceptors (Lipinski definition) is 2. The summed E-state index contributed by atoms with van der Waals surface area (Å²) in [4.78, 5) is 0. The summed E-state index contributed by atoms with van der Waals surface area (Å²) < 4.78 is 5.50. The van der Waals surface area contributed by atoms with Crippen molar-refractivity contribution >= 4 is 11.6 Å². The van der Waals surface area contributed by atoms with Crippen LogP contribution in [0.15, 0.2) is 18.2 Å². The standard InChI is InChI=1S/C10H14ClNO/c1-8-4-2-5-9(11)10(8)13-7-3-6-12/h2,4-5H,3,6-7,12H2,1H3. The Labute approximate surface area is 83.6 Å². The normalized spacial score (nSPS) is 10.1. The van der Waals surface area contributed by atoms with E-state index in [1.54, 1.807) is 0 Å². The number of hydrogen-bond donors (Lipinski definition) is 1. The maximum Gasteiger partial charge on any atom is 0.140 e. The van der Waals surface area contributed by atoms with E-state index in [-0.39, 0.29) is 0 Å². The van der Waals surface area contributed by atoms with Crippen LogP contribution in [0.1, 0.15) is 12.0 Å². The van der Waals surface area contributed by atoms with Gasteiger partial charge in [0.25, 0.3) is 0 Å². The highest BCUT2D eigenvalue weighted by Crippen LogP contribution is 2.27. The number of ether oxygens (including phenoxy) is 1. The summed E-state index contributed by atoms with van der Waals surface area (Å²) in [6.07, 6.45) is 0.852. The molecule has 0 bridgehead atoms. The third-order valence-electron chi connectivity index (χ3n) is 1.76. The molecule has 0 aromatic heterocycles. The second-order valence-electron chi connectivity index (χ2n) is 2.88. The van der Waals surface area contributed by atoms with Crippen molar-refractivity contribution in [3.05, 3.63) is 28.8 Å². The highest BCUT2D eigenvalue weighted by molar-refractivity contribution is 6.32. The Kier molecular flexibility index (Phi) is 4.06. The average molecular weight is 200 g/mol. The van der Waals surface area contributed by atoms with E-state index in [1.165, 1.54) is 0 Å². The lowest BCUT2D eigenvalue weighted by molar-refractivity contribution is 0.311. The van der Waals surface area contributed by atoms with Crippen molar-refractivity contribution in [1.82, 2.24) is 0 Å². The molecule has 0 radical (unpaired) electrons. The average Bonchev–Trinajstić information content (AvgIpc) is 2.10. The fourth-order valence-electron chi connectivity index (χ4n) is 1.06. The topological polar surface area (TPSA) is 35.2 Å². The molecule has 2 nitrogen and oxygen atoms in total. The first-order valence-corrected chi connectivity index (χ1v) is 4.71. The monoisotopic (exact) mass is 199 g/mol. The molecule has 3 heteroatoms. The molecule has 1 aromatic rings. The summed E-state index contributed by atoms with van der Waals surface area (Å²) in [5, 5.41) is 0.664. The fourth-order valence-corrected chi connectivity index (χ4v) is 1.33. The molecule has 0 unspecified atom stereocenters. The van der Waals surface area contributed by atoms with Gasteiger partial charge in [0.2, 0.25) is 0 Å². The minimum Gasteiger partial charge on any atom is -0.492 e. The van der Waals surface area contributed by atoms with Crippen molar-refractivity contribution in [3.63, 3.8) is 0 Å². The van der Waals surface area contributed by atoms with Crippen LogP contribution in [0.5, 0.6) is 5.75 Å². The van der Waals surface area contributed by atoms with Gasteiger partial charge in [-0.05, 0) is 31.5 Å². The minimum atomic E-state index is 0.626. The molecular weight excluding hydrogens is 186 g/mol. The molecule has 1 rings (SSSR count). The van der Waals surface area contributed by atoms with Crippen LogP contribution in [0.3, 0.4) is 0 Å². The van der Waals surface area contributed by atoms with Crippen LogP contribution in [-0.4, -0.2) is 13.2 Å². The Bertz CT molecular complexity index is 255. The molecule has 0 heterocycles. The van der Waals surface area contributed by atoms with Crippen molar-refractivity contribution in [1.29, 1.82) is 0 Å². The Morgan fingerprint density at radius 2 is 2.23 bits per heavy atom. The summed E-state index contributed by atoms with van der Waals surface area (Å²) in [6, 6.07) is 5.71. The van der Waals surface area contributed by atoms with Crippen LogP contribution in [0, 0.1) is 6.92 Å². The molecule has 0 spiro atoms. The Morgan fingerprint density at radius 1 is 1.46 bits per heavy atom. The Hall–Kier alpha value is -0.730. The number of halogens is 1. The summed E-state index contributed by atoms with van der Waals surface area (Å²) in [7, 11) is 0. The van der Waals surface area contributed by atoms with Crippen LogP contribution < -0.4 is 10.5 Å². The maximum absolute atomic E-state index is 5.95. The first-order valence-electron chi connectivity index (χ1n) is 4.33. The van der Waals surface area contributed by atoms with Gasteiger partial charge in [0.15, 0.2) is 0 Å². The molecule has 2 N–H and O–H groups in total. The van der Waals surface area contributed by atoms with Crippen molar-refractivity contribution < 1.29 is 4.74 Å². The van der Waals surface area contributed by atoms with Gasteiger partial charge in [-0.25, -0.2) is 0 Å². The quantitative estimate of drug-likeness (QED) is 0.756. The van der Waals surface area contributed by atoms with Gasteiger partial charge in [-0.2, -0.15) is 0 Å². The summed E-state index contributed by atoms with van der Waals surface area (Å²) in [5.41, 5.74) is 6.42. The zero-order valence-electron chi connectivity index (χ0n) is 7.72. The lowest BCUT2D eigenvalue weighted by Gasteiger charge is -2.09. The fraction of sp³-hybridized carbons (Fsp3) is 0.400. The van der Waals surface area contributed by atoms with Crippen molar-refractivity contribution in [3.8, 4) is 5.75 Å². The number of aryl methyl sites for hydroxylation is 1. The van der Waals surface area contributed by atoms with Gasteiger partial charge in [0.05, 0.1) is 11.6 Å². The van der Waals surface area contributed by atoms with E-state index in [4.69, 9.17) is 22.1 Å². The predicted molar refractivity (Wildman–Crippen MR) is 55.4 cm³/mol. The van der Waals surface area contributed by atoms with E-state index in [2.05, 4.69) is 0 Å². The SMILES string of the molecule is Cc1cccc(Cl)c1OCCCN. The first-order chi connectivity index (χ1) is 6.25. The van der Waals surface area contributed by atoms with E-state index < -0.39 is 0 Å². The second-order valence-corrected chi connectivity index (χ2v) is 3.28. The van der Waals surface area contributed by atoms with E-state index in [1.807, 2.05) is 25.1 Å². The lowest BCUT2D eigenvalue weighted by Crippen LogP contribution is -2.06. The molecule has 0 atom stereocenters. The lowest BCUT2D eigenvalue weighted by atomic mass is 10.2. The van der Waals surface area contributed by atoms with Crippen LogP contribution in [-0.2, 0) is 0 Å². The predicted octanol–water partition coefficient (Wildman–Crippen LogP) is 2.38. The molecule has 0 saturated carbocycles. The van der Waals surface area contributed by atoms with Crippen LogP contribution in [0.2, 0.25) is 5.02 Å². The zero-order valence-corrected chi connectivity index (χ0v) is 8.47. The van der Waals surface area contributed by atoms with Crippen LogP contribution in [0.25, 0.3) is 0 Å². The van der Waals surface area contributed by atoms with Crippen LogP contribution in [0.4, 0.5) is 0 Å². The maximum atomic E-state index is 5.95. The molecule has 0 saturated heterocycles. The smallest absolute Gasteiger partial charge is 0.140 e. The van der Waals surface area contributed by atoms with E-state index in [9.17, 15) is 0 Å². The summed E-state index contributed by atoms with van der Waals surface area (Å²) in [5.74, 6) is 0.776. The molecule has 72 valence electrons. The largest absolute Gasteiger partial charge is 0.492 e. The number of benzene rings is 1. The van der Waals surface area contributed by atoms with Gasteiger partial charge in [0, 0.05) is 0 Å². The van der Waals surface area contributed by atoms with Gasteiger partial charge < -0.3 is 10.5 Å². The Balaban J connectivity index is 2.64. The highest BCUT2D eigenvalue weighted by Gasteiger charge is 2.03. The molecule has 13 heavy (non-hydrogen) atoms. The number of para-hydroxylation sites is 1.